The molecule has 2 rings (SSSR count). The number of nitrogens with zero attached hydrogens (tertiary/aromatic N) is 1. The summed E-state index contributed by atoms with van der Waals surface area (Å²) in [5.41, 5.74) is 2.73. The van der Waals surface area contributed by atoms with Crippen LogP contribution in [0.5, 0.6) is 0 Å². The van der Waals surface area contributed by atoms with Gasteiger partial charge in [0, 0.05) is 42.1 Å². The van der Waals surface area contributed by atoms with Gasteiger partial charge in [0.1, 0.15) is 0 Å². The summed E-state index contributed by atoms with van der Waals surface area (Å²) in [6, 6.07) is 8.51. The Morgan fingerprint density at radius 3 is 2.68 bits per heavy atom. The van der Waals surface area contributed by atoms with Crippen molar-refractivity contribution < 1.29 is 0 Å². The van der Waals surface area contributed by atoms with Gasteiger partial charge in [-0.2, -0.15) is 0 Å². The largest absolute Gasteiger partial charge is 0.346 e. The zero-order valence-electron chi connectivity index (χ0n) is 12.0. The molecule has 0 unspecified atom stereocenters. The van der Waals surface area contributed by atoms with Gasteiger partial charge in [0.2, 0.25) is 0 Å². The van der Waals surface area contributed by atoms with Gasteiger partial charge in [-0.15, -0.1) is 12.3 Å². The van der Waals surface area contributed by atoms with E-state index in [0.29, 0.717) is 0 Å². The number of para-hydroxylation sites is 1. The van der Waals surface area contributed by atoms with Crippen LogP contribution in [0.3, 0.4) is 0 Å². The van der Waals surface area contributed by atoms with Crippen molar-refractivity contribution in [2.75, 3.05) is 0 Å². The standard InChI is InChI=1S/C17H22N2/c1-5-6-11-19-13-14(12-18-17(2,3)4)15-9-7-8-10-16(15)19/h1,7-10,13,18H,6,11-12H2,2-4H3. The molecule has 0 fully saturated rings. The summed E-state index contributed by atoms with van der Waals surface area (Å²) in [5.74, 6) is 2.71. The van der Waals surface area contributed by atoms with Crippen LogP contribution in [0.25, 0.3) is 10.9 Å². The molecule has 1 heterocycles. The van der Waals surface area contributed by atoms with Gasteiger partial charge in [-0.1, -0.05) is 18.2 Å². The monoisotopic (exact) mass is 254 g/mol. The summed E-state index contributed by atoms with van der Waals surface area (Å²) in [6.07, 6.45) is 8.36. The first-order valence-corrected chi connectivity index (χ1v) is 6.76. The minimum absolute atomic E-state index is 0.127. The molecule has 0 saturated carbocycles. The first kappa shape index (κ1) is 13.7. The van der Waals surface area contributed by atoms with Gasteiger partial charge in [0.15, 0.2) is 0 Å². The third-order valence-corrected chi connectivity index (χ3v) is 3.18. The lowest BCUT2D eigenvalue weighted by Crippen LogP contribution is -2.34. The van der Waals surface area contributed by atoms with E-state index in [1.54, 1.807) is 0 Å². The van der Waals surface area contributed by atoms with E-state index in [1.807, 2.05) is 0 Å². The van der Waals surface area contributed by atoms with E-state index < -0.39 is 0 Å². The molecule has 0 atom stereocenters. The number of benzene rings is 1. The Kier molecular flexibility index (Phi) is 3.97. The van der Waals surface area contributed by atoms with Crippen molar-refractivity contribution in [1.82, 2.24) is 9.88 Å². The number of fused-ring (bicyclic) bond motifs is 1. The maximum atomic E-state index is 5.37. The first-order valence-electron chi connectivity index (χ1n) is 6.76. The van der Waals surface area contributed by atoms with Crippen LogP contribution in [0.1, 0.15) is 32.8 Å². The fourth-order valence-corrected chi connectivity index (χ4v) is 2.19. The molecule has 0 bridgehead atoms. The van der Waals surface area contributed by atoms with E-state index >= 15 is 0 Å². The Balaban J connectivity index is 2.31. The highest BCUT2D eigenvalue weighted by molar-refractivity contribution is 5.83. The van der Waals surface area contributed by atoms with Crippen LogP contribution in [-0.2, 0) is 13.1 Å². The number of aryl methyl sites for hydroxylation is 1. The quantitative estimate of drug-likeness (QED) is 0.826. The Labute approximate surface area is 115 Å². The van der Waals surface area contributed by atoms with Gasteiger partial charge in [0.05, 0.1) is 0 Å². The summed E-state index contributed by atoms with van der Waals surface area (Å²) >= 11 is 0. The molecule has 2 nitrogen and oxygen atoms in total. The van der Waals surface area contributed by atoms with Gasteiger partial charge in [-0.05, 0) is 32.4 Å². The molecule has 0 aliphatic heterocycles. The molecular weight excluding hydrogens is 232 g/mol. The number of terminal acetylenes is 1. The highest BCUT2D eigenvalue weighted by Gasteiger charge is 2.12. The minimum Gasteiger partial charge on any atom is -0.346 e. The summed E-state index contributed by atoms with van der Waals surface area (Å²) in [6.45, 7) is 8.32. The molecule has 1 aromatic heterocycles. The molecule has 0 aliphatic carbocycles. The van der Waals surface area contributed by atoms with Crippen LogP contribution in [0.15, 0.2) is 30.5 Å². The predicted octanol–water partition coefficient (Wildman–Crippen LogP) is 3.55. The molecule has 0 radical (unpaired) electrons. The first-order chi connectivity index (χ1) is 9.01. The van der Waals surface area contributed by atoms with E-state index in [2.05, 4.69) is 67.0 Å². The third-order valence-electron chi connectivity index (χ3n) is 3.18. The van der Waals surface area contributed by atoms with Gasteiger partial charge in [-0.3, -0.25) is 0 Å². The van der Waals surface area contributed by atoms with Crippen molar-refractivity contribution >= 4 is 10.9 Å². The summed E-state index contributed by atoms with van der Waals surface area (Å²) in [5, 5.41) is 4.86. The highest BCUT2D eigenvalue weighted by Crippen LogP contribution is 2.22. The second-order valence-corrected chi connectivity index (χ2v) is 5.92. The molecular formula is C17H22N2. The average Bonchev–Trinajstić information content (AvgIpc) is 2.72. The SMILES string of the molecule is C#CCCn1cc(CNC(C)(C)C)c2ccccc21. The molecule has 2 heteroatoms. The molecule has 0 saturated heterocycles. The van der Waals surface area contributed by atoms with Gasteiger partial charge in [0.25, 0.3) is 0 Å². The Morgan fingerprint density at radius 1 is 1.26 bits per heavy atom. The minimum atomic E-state index is 0.127. The van der Waals surface area contributed by atoms with Crippen molar-refractivity contribution in [3.05, 3.63) is 36.0 Å². The fraction of sp³-hybridized carbons (Fsp3) is 0.412. The average molecular weight is 254 g/mol. The second kappa shape index (κ2) is 5.50. The molecule has 2 aromatic rings. The summed E-state index contributed by atoms with van der Waals surface area (Å²) < 4.78 is 2.26. The van der Waals surface area contributed by atoms with Gasteiger partial charge >= 0.3 is 0 Å². The summed E-state index contributed by atoms with van der Waals surface area (Å²) in [4.78, 5) is 0. The smallest absolute Gasteiger partial charge is 0.0483 e. The Morgan fingerprint density at radius 2 is 2.00 bits per heavy atom. The second-order valence-electron chi connectivity index (χ2n) is 5.92. The Bertz CT molecular complexity index is 594. The van der Waals surface area contributed by atoms with Crippen molar-refractivity contribution in [2.24, 2.45) is 0 Å². The number of nitrogens with one attached hydrogen (secondary N) is 1. The van der Waals surface area contributed by atoms with Crippen molar-refractivity contribution in [3.63, 3.8) is 0 Å². The van der Waals surface area contributed by atoms with E-state index in [-0.39, 0.29) is 5.54 Å². The van der Waals surface area contributed by atoms with E-state index in [1.165, 1.54) is 16.5 Å². The summed E-state index contributed by atoms with van der Waals surface area (Å²) in [7, 11) is 0. The highest BCUT2D eigenvalue weighted by atomic mass is 15.0. The van der Waals surface area contributed by atoms with Crippen LogP contribution in [0.2, 0.25) is 0 Å². The molecule has 0 spiro atoms. The zero-order chi connectivity index (χ0) is 13.9. The van der Waals surface area contributed by atoms with Gasteiger partial charge in [-0.25, -0.2) is 0 Å². The number of hydrogen-bond acceptors (Lipinski definition) is 1. The normalized spacial score (nSPS) is 11.7. The number of rotatable bonds is 4. The number of hydrogen-bond donors (Lipinski definition) is 1. The van der Waals surface area contributed by atoms with E-state index in [9.17, 15) is 0 Å². The van der Waals surface area contributed by atoms with Crippen molar-refractivity contribution in [1.29, 1.82) is 0 Å². The van der Waals surface area contributed by atoms with Crippen LogP contribution >= 0.6 is 0 Å². The number of aromatic nitrogens is 1. The third kappa shape index (κ3) is 3.39. The van der Waals surface area contributed by atoms with E-state index in [0.717, 1.165) is 19.5 Å². The molecule has 0 aliphatic rings. The van der Waals surface area contributed by atoms with Crippen LogP contribution in [0.4, 0.5) is 0 Å². The fourth-order valence-electron chi connectivity index (χ4n) is 2.19. The lowest BCUT2D eigenvalue weighted by atomic mass is 10.1. The Hall–Kier alpha value is -1.72. The maximum absolute atomic E-state index is 5.37. The van der Waals surface area contributed by atoms with Crippen LogP contribution in [-0.4, -0.2) is 10.1 Å². The molecule has 1 aromatic carbocycles. The topological polar surface area (TPSA) is 17.0 Å². The molecule has 100 valence electrons. The zero-order valence-corrected chi connectivity index (χ0v) is 12.0. The molecule has 1 N–H and O–H groups in total. The van der Waals surface area contributed by atoms with Crippen molar-refractivity contribution in [2.45, 2.75) is 45.8 Å². The molecule has 0 amide bonds. The van der Waals surface area contributed by atoms with Crippen molar-refractivity contribution in [3.8, 4) is 12.3 Å². The molecule has 19 heavy (non-hydrogen) atoms. The lowest BCUT2D eigenvalue weighted by Gasteiger charge is -2.20. The predicted molar refractivity (Wildman–Crippen MR) is 82.0 cm³/mol. The maximum Gasteiger partial charge on any atom is 0.0483 e. The lowest BCUT2D eigenvalue weighted by molar-refractivity contribution is 0.425. The van der Waals surface area contributed by atoms with Crippen LogP contribution < -0.4 is 5.32 Å². The van der Waals surface area contributed by atoms with Crippen LogP contribution in [0, 0.1) is 12.3 Å². The van der Waals surface area contributed by atoms with E-state index in [4.69, 9.17) is 6.42 Å². The van der Waals surface area contributed by atoms with Gasteiger partial charge < -0.3 is 9.88 Å².